The van der Waals surface area contributed by atoms with Gasteiger partial charge in [-0.15, -0.1) is 11.3 Å². The summed E-state index contributed by atoms with van der Waals surface area (Å²) >= 11 is 1.84. The molecule has 4 rings (SSSR count). The topological polar surface area (TPSA) is 46.4 Å². The van der Waals surface area contributed by atoms with Gasteiger partial charge in [0.15, 0.2) is 6.04 Å². The van der Waals surface area contributed by atoms with E-state index in [-0.39, 0.29) is 11.9 Å². The van der Waals surface area contributed by atoms with Crippen molar-refractivity contribution in [2.75, 3.05) is 13.1 Å². The zero-order valence-electron chi connectivity index (χ0n) is 16.5. The first-order valence-electron chi connectivity index (χ1n) is 10.6. The van der Waals surface area contributed by atoms with Gasteiger partial charge in [-0.05, 0) is 37.8 Å². The van der Waals surface area contributed by atoms with E-state index in [1.165, 1.54) is 33.9 Å². The number of nitrogens with one attached hydrogen (secondary N) is 2. The Kier molecular flexibility index (Phi) is 5.79. The Balaban J connectivity index is 1.32. The van der Waals surface area contributed by atoms with Gasteiger partial charge in [-0.1, -0.05) is 31.9 Å². The fraction of sp³-hybridized carbons (Fsp3) is 0.636. The minimum atomic E-state index is 0.0513. The zero-order valence-corrected chi connectivity index (χ0v) is 17.4. The van der Waals surface area contributed by atoms with Gasteiger partial charge in [-0.2, -0.15) is 0 Å². The van der Waals surface area contributed by atoms with E-state index >= 15 is 0 Å². The second kappa shape index (κ2) is 8.27. The van der Waals surface area contributed by atoms with Gasteiger partial charge in [0.05, 0.1) is 28.3 Å². The third kappa shape index (κ3) is 4.19. The summed E-state index contributed by atoms with van der Waals surface area (Å²) in [6.07, 6.45) is 7.23. The Morgan fingerprint density at radius 2 is 1.93 bits per heavy atom. The van der Waals surface area contributed by atoms with Crippen LogP contribution in [0.4, 0.5) is 0 Å². The lowest BCUT2D eigenvalue weighted by molar-refractivity contribution is -0.919. The summed E-state index contributed by atoms with van der Waals surface area (Å²) in [6, 6.07) is 8.85. The van der Waals surface area contributed by atoms with E-state index in [9.17, 15) is 4.79 Å². The van der Waals surface area contributed by atoms with Crippen LogP contribution in [0.5, 0.6) is 0 Å². The Morgan fingerprint density at radius 3 is 2.67 bits per heavy atom. The lowest BCUT2D eigenvalue weighted by atomic mass is 9.86. The molecule has 1 saturated heterocycles. The second-order valence-corrected chi connectivity index (χ2v) is 9.61. The summed E-state index contributed by atoms with van der Waals surface area (Å²) in [6.45, 7) is 6.52. The number of carbonyl (C=O) groups excluding carboxylic acids is 1. The van der Waals surface area contributed by atoms with Gasteiger partial charge in [-0.3, -0.25) is 4.79 Å². The first-order chi connectivity index (χ1) is 13.1. The summed E-state index contributed by atoms with van der Waals surface area (Å²) in [5.74, 6) is 1.43. The quantitative estimate of drug-likeness (QED) is 0.848. The molecule has 4 nitrogen and oxygen atoms in total. The SMILES string of the molecule is C[C@@H]1CCCC[C@H]1NC(=O)[C@@H](C)[NH+]1CCC(c2nc3ccccc3s2)CC1. The van der Waals surface area contributed by atoms with Gasteiger partial charge in [0, 0.05) is 24.8 Å². The highest BCUT2D eigenvalue weighted by molar-refractivity contribution is 7.18. The number of quaternary nitrogens is 1. The number of benzene rings is 1. The first kappa shape index (κ1) is 18.9. The summed E-state index contributed by atoms with van der Waals surface area (Å²) in [4.78, 5) is 19.1. The molecule has 0 bridgehead atoms. The number of thiazole rings is 1. The number of nitrogens with zero attached hydrogens (tertiary/aromatic N) is 1. The fourth-order valence-corrected chi connectivity index (χ4v) is 5.89. The third-order valence-corrected chi connectivity index (χ3v) is 7.93. The number of hydrogen-bond donors (Lipinski definition) is 2. The van der Waals surface area contributed by atoms with Crippen LogP contribution in [-0.4, -0.2) is 36.1 Å². The number of para-hydroxylation sites is 1. The molecule has 1 amide bonds. The standard InChI is InChI=1S/C22H31N3OS/c1-15-7-3-4-8-18(15)23-21(26)16(2)25-13-11-17(12-14-25)22-24-19-9-5-6-10-20(19)27-22/h5-6,9-10,15-18H,3-4,7-8,11-14H2,1-2H3,(H,23,26)/p+1/t15-,16-,18-/m1/s1. The Bertz CT molecular complexity index is 748. The van der Waals surface area contributed by atoms with Crippen LogP contribution in [0.15, 0.2) is 24.3 Å². The number of rotatable bonds is 4. The van der Waals surface area contributed by atoms with Crippen molar-refractivity contribution in [1.29, 1.82) is 0 Å². The molecular formula is C22H32N3OS+. The maximum atomic E-state index is 12.8. The predicted octanol–water partition coefficient (Wildman–Crippen LogP) is 3.14. The molecule has 1 saturated carbocycles. The average Bonchev–Trinajstić information content (AvgIpc) is 3.13. The molecule has 1 aliphatic heterocycles. The van der Waals surface area contributed by atoms with Crippen molar-refractivity contribution >= 4 is 27.5 Å². The Morgan fingerprint density at radius 1 is 1.19 bits per heavy atom. The highest BCUT2D eigenvalue weighted by Crippen LogP contribution is 2.31. The molecule has 2 N–H and O–H groups in total. The van der Waals surface area contributed by atoms with Crippen molar-refractivity contribution in [1.82, 2.24) is 10.3 Å². The lowest BCUT2D eigenvalue weighted by Crippen LogP contribution is -3.17. The molecule has 1 aliphatic carbocycles. The molecule has 0 radical (unpaired) electrons. The molecule has 2 heterocycles. The van der Waals surface area contributed by atoms with Crippen molar-refractivity contribution in [3.63, 3.8) is 0 Å². The van der Waals surface area contributed by atoms with Crippen molar-refractivity contribution in [2.24, 2.45) is 5.92 Å². The normalized spacial score (nSPS) is 30.1. The van der Waals surface area contributed by atoms with Crippen LogP contribution in [-0.2, 0) is 4.79 Å². The predicted molar refractivity (Wildman–Crippen MR) is 111 cm³/mol. The smallest absolute Gasteiger partial charge is 0.278 e. The molecule has 5 heteroatoms. The van der Waals surface area contributed by atoms with Gasteiger partial charge in [0.25, 0.3) is 5.91 Å². The summed E-state index contributed by atoms with van der Waals surface area (Å²) in [5, 5.41) is 4.64. The molecule has 2 aliphatic rings. The van der Waals surface area contributed by atoms with Crippen molar-refractivity contribution in [2.45, 2.75) is 70.4 Å². The van der Waals surface area contributed by atoms with Crippen LogP contribution >= 0.6 is 11.3 Å². The van der Waals surface area contributed by atoms with Crippen LogP contribution in [0.1, 0.15) is 63.3 Å². The van der Waals surface area contributed by atoms with E-state index < -0.39 is 0 Å². The molecule has 2 aromatic rings. The molecule has 3 atom stereocenters. The Labute approximate surface area is 166 Å². The number of amides is 1. The highest BCUT2D eigenvalue weighted by Gasteiger charge is 2.33. The minimum Gasteiger partial charge on any atom is -0.348 e. The van der Waals surface area contributed by atoms with E-state index in [4.69, 9.17) is 4.98 Å². The van der Waals surface area contributed by atoms with Crippen LogP contribution in [0, 0.1) is 5.92 Å². The molecule has 146 valence electrons. The zero-order chi connectivity index (χ0) is 18.8. The number of piperidine rings is 1. The number of likely N-dealkylation sites (tertiary alicyclic amines) is 1. The largest absolute Gasteiger partial charge is 0.348 e. The van der Waals surface area contributed by atoms with Gasteiger partial charge in [0.2, 0.25) is 0 Å². The maximum absolute atomic E-state index is 12.8. The van der Waals surface area contributed by atoms with Gasteiger partial charge in [0.1, 0.15) is 0 Å². The number of hydrogen-bond acceptors (Lipinski definition) is 3. The fourth-order valence-electron chi connectivity index (χ4n) is 4.76. The van der Waals surface area contributed by atoms with Crippen molar-refractivity contribution in [3.8, 4) is 0 Å². The summed E-state index contributed by atoms with van der Waals surface area (Å²) in [7, 11) is 0. The van der Waals surface area contributed by atoms with Crippen LogP contribution in [0.3, 0.4) is 0 Å². The highest BCUT2D eigenvalue weighted by atomic mass is 32.1. The Hall–Kier alpha value is -1.46. The molecular weight excluding hydrogens is 354 g/mol. The lowest BCUT2D eigenvalue weighted by Gasteiger charge is -2.34. The number of carbonyl (C=O) groups is 1. The minimum absolute atomic E-state index is 0.0513. The first-order valence-corrected chi connectivity index (χ1v) is 11.4. The number of aromatic nitrogens is 1. The van der Waals surface area contributed by atoms with E-state index in [1.54, 1.807) is 0 Å². The molecule has 0 unspecified atom stereocenters. The van der Waals surface area contributed by atoms with Crippen LogP contribution in [0.25, 0.3) is 10.2 Å². The van der Waals surface area contributed by atoms with E-state index in [1.807, 2.05) is 11.3 Å². The van der Waals surface area contributed by atoms with Crippen molar-refractivity contribution < 1.29 is 9.69 Å². The second-order valence-electron chi connectivity index (χ2n) is 8.55. The molecule has 2 fully saturated rings. The molecule has 27 heavy (non-hydrogen) atoms. The maximum Gasteiger partial charge on any atom is 0.278 e. The summed E-state index contributed by atoms with van der Waals surface area (Å²) in [5.41, 5.74) is 1.13. The van der Waals surface area contributed by atoms with Gasteiger partial charge in [-0.25, -0.2) is 4.98 Å². The average molecular weight is 387 g/mol. The number of fused-ring (bicyclic) bond motifs is 1. The monoisotopic (exact) mass is 386 g/mol. The van der Waals surface area contributed by atoms with E-state index in [0.717, 1.165) is 37.9 Å². The molecule has 0 spiro atoms. The molecule has 1 aromatic carbocycles. The van der Waals surface area contributed by atoms with Gasteiger partial charge < -0.3 is 10.2 Å². The van der Waals surface area contributed by atoms with Crippen LogP contribution in [0.2, 0.25) is 0 Å². The van der Waals surface area contributed by atoms with Crippen molar-refractivity contribution in [3.05, 3.63) is 29.3 Å². The van der Waals surface area contributed by atoms with E-state index in [0.29, 0.717) is 17.9 Å². The van der Waals surface area contributed by atoms with E-state index in [2.05, 4.69) is 43.4 Å². The van der Waals surface area contributed by atoms with Crippen LogP contribution < -0.4 is 10.2 Å². The summed E-state index contributed by atoms with van der Waals surface area (Å²) < 4.78 is 1.29. The molecule has 1 aromatic heterocycles. The third-order valence-electron chi connectivity index (χ3n) is 6.73. The van der Waals surface area contributed by atoms with Gasteiger partial charge >= 0.3 is 0 Å².